The molecule has 2 aromatic rings. The molecular weight excluding hydrogens is 464 g/mol. The molecule has 1 amide bonds. The highest BCUT2D eigenvalue weighted by Gasteiger charge is 2.29. The summed E-state index contributed by atoms with van der Waals surface area (Å²) in [6, 6.07) is 12.0. The highest BCUT2D eigenvalue weighted by Crippen LogP contribution is 2.30. The first-order chi connectivity index (χ1) is 17.5. The van der Waals surface area contributed by atoms with Crippen LogP contribution in [0.25, 0.3) is 0 Å². The van der Waals surface area contributed by atoms with E-state index in [1.54, 1.807) is 6.07 Å². The van der Waals surface area contributed by atoms with E-state index < -0.39 is 6.10 Å². The first-order valence-corrected chi connectivity index (χ1v) is 13.7. The lowest BCUT2D eigenvalue weighted by atomic mass is 9.82. The largest absolute Gasteiger partial charge is 0.391 e. The summed E-state index contributed by atoms with van der Waals surface area (Å²) in [4.78, 5) is 27.2. The number of piperazine rings is 1. The van der Waals surface area contributed by atoms with E-state index in [0.29, 0.717) is 30.5 Å². The number of hydrogen-bond acceptors (Lipinski definition) is 7. The molecule has 202 valence electrons. The minimum atomic E-state index is -0.434. The van der Waals surface area contributed by atoms with Crippen molar-refractivity contribution >= 4 is 23.4 Å². The van der Waals surface area contributed by atoms with Gasteiger partial charge in [0.05, 0.1) is 12.1 Å². The van der Waals surface area contributed by atoms with Crippen LogP contribution in [0.5, 0.6) is 0 Å². The summed E-state index contributed by atoms with van der Waals surface area (Å²) in [5.74, 6) is 0.941. The van der Waals surface area contributed by atoms with E-state index in [2.05, 4.69) is 67.3 Å². The van der Waals surface area contributed by atoms with Crippen molar-refractivity contribution in [1.82, 2.24) is 14.9 Å². The van der Waals surface area contributed by atoms with Gasteiger partial charge in [0.1, 0.15) is 11.5 Å². The molecular formula is C29H44N6O2. The number of nitrogens with zero attached hydrogens (tertiary/aromatic N) is 4. The molecule has 1 aromatic heterocycles. The highest BCUT2D eigenvalue weighted by molar-refractivity contribution is 5.93. The van der Waals surface area contributed by atoms with E-state index in [1.165, 1.54) is 5.69 Å². The Kier molecular flexibility index (Phi) is 8.26. The molecule has 4 rings (SSSR count). The number of amides is 1. The predicted octanol–water partition coefficient (Wildman–Crippen LogP) is 4.78. The number of carbonyl (C=O) groups is 1. The van der Waals surface area contributed by atoms with Gasteiger partial charge in [-0.05, 0) is 50.7 Å². The number of hydrogen-bond donors (Lipinski definition) is 3. The van der Waals surface area contributed by atoms with Gasteiger partial charge in [0.25, 0.3) is 5.91 Å². The zero-order valence-electron chi connectivity index (χ0n) is 23.1. The number of aliphatic hydroxyl groups excluding tert-OH is 1. The van der Waals surface area contributed by atoms with Crippen molar-refractivity contribution in [1.29, 1.82) is 0 Å². The highest BCUT2D eigenvalue weighted by atomic mass is 16.3. The Hall–Kier alpha value is -2.87. The first-order valence-electron chi connectivity index (χ1n) is 13.7. The number of anilines is 3. The van der Waals surface area contributed by atoms with E-state index in [9.17, 15) is 9.90 Å². The van der Waals surface area contributed by atoms with E-state index in [4.69, 9.17) is 4.98 Å². The Morgan fingerprint density at radius 3 is 2.32 bits per heavy atom. The van der Waals surface area contributed by atoms with Crippen LogP contribution in [-0.4, -0.2) is 69.7 Å². The van der Waals surface area contributed by atoms with Gasteiger partial charge >= 0.3 is 0 Å². The number of carbonyl (C=O) groups excluding carboxylic acids is 1. The van der Waals surface area contributed by atoms with Crippen molar-refractivity contribution in [2.75, 3.05) is 41.7 Å². The zero-order valence-corrected chi connectivity index (χ0v) is 23.1. The molecule has 8 nitrogen and oxygen atoms in total. The maximum Gasteiger partial charge on any atom is 0.272 e. The molecule has 1 saturated carbocycles. The van der Waals surface area contributed by atoms with Gasteiger partial charge in [-0.3, -0.25) is 4.79 Å². The molecule has 2 fully saturated rings. The molecule has 2 atom stereocenters. The Morgan fingerprint density at radius 2 is 1.68 bits per heavy atom. The van der Waals surface area contributed by atoms with Gasteiger partial charge in [0.15, 0.2) is 0 Å². The maximum absolute atomic E-state index is 13.6. The van der Waals surface area contributed by atoms with Gasteiger partial charge in [0, 0.05) is 43.5 Å². The average Bonchev–Trinajstić information content (AvgIpc) is 2.84. The molecule has 0 radical (unpaired) electrons. The van der Waals surface area contributed by atoms with E-state index in [-0.39, 0.29) is 22.9 Å². The third-order valence-corrected chi connectivity index (χ3v) is 7.12. The van der Waals surface area contributed by atoms with Crippen LogP contribution >= 0.6 is 0 Å². The minimum Gasteiger partial charge on any atom is -0.391 e. The summed E-state index contributed by atoms with van der Waals surface area (Å²) >= 11 is 0. The van der Waals surface area contributed by atoms with Gasteiger partial charge in [-0.2, -0.15) is 4.98 Å². The molecule has 0 spiro atoms. The fourth-order valence-electron chi connectivity index (χ4n) is 5.82. The Labute approximate surface area is 221 Å². The lowest BCUT2D eigenvalue weighted by Crippen LogP contribution is -2.49. The van der Waals surface area contributed by atoms with Crippen LogP contribution in [0.2, 0.25) is 0 Å². The molecule has 0 bridgehead atoms. The van der Waals surface area contributed by atoms with Crippen molar-refractivity contribution in [2.45, 2.75) is 84.4 Å². The number of benzene rings is 1. The Balaban J connectivity index is 1.53. The smallest absolute Gasteiger partial charge is 0.272 e. The van der Waals surface area contributed by atoms with E-state index >= 15 is 0 Å². The van der Waals surface area contributed by atoms with E-state index in [1.807, 2.05) is 23.1 Å². The number of aliphatic hydroxyl groups is 1. The topological polar surface area (TPSA) is 93.6 Å². The van der Waals surface area contributed by atoms with Gasteiger partial charge in [-0.1, -0.05) is 51.8 Å². The molecule has 3 N–H and O–H groups in total. The molecule has 1 saturated heterocycles. The number of nitrogens with one attached hydrogen (secondary N) is 2. The van der Waals surface area contributed by atoms with Gasteiger partial charge < -0.3 is 25.5 Å². The van der Waals surface area contributed by atoms with Crippen LogP contribution in [0, 0.1) is 5.41 Å². The van der Waals surface area contributed by atoms with Crippen LogP contribution in [0.15, 0.2) is 36.4 Å². The van der Waals surface area contributed by atoms with Gasteiger partial charge in [-0.25, -0.2) is 4.98 Å². The Bertz CT molecular complexity index is 1040. The number of rotatable bonds is 7. The summed E-state index contributed by atoms with van der Waals surface area (Å²) in [7, 11) is 0. The second kappa shape index (κ2) is 11.3. The molecule has 0 unspecified atom stereocenters. The molecule has 1 aliphatic carbocycles. The average molecular weight is 509 g/mol. The minimum absolute atomic E-state index is 0.0842. The Morgan fingerprint density at radius 1 is 1.00 bits per heavy atom. The molecule has 37 heavy (non-hydrogen) atoms. The molecule has 1 aliphatic heterocycles. The predicted molar refractivity (Wildman–Crippen MR) is 150 cm³/mol. The van der Waals surface area contributed by atoms with Crippen molar-refractivity contribution in [3.8, 4) is 0 Å². The van der Waals surface area contributed by atoms with Crippen LogP contribution in [0.4, 0.5) is 17.5 Å². The van der Waals surface area contributed by atoms with Crippen LogP contribution in [0.3, 0.4) is 0 Å². The summed E-state index contributed by atoms with van der Waals surface area (Å²) in [6.45, 7) is 13.8. The SMILES string of the molecule is CC(C)(C)CC(C)(C)Nc1cc(C(=O)N2CCN(c3ccccc3)CC2)nc(N[C@H]2CCCC[C@@H]2O)n1. The monoisotopic (exact) mass is 508 g/mol. The van der Waals surface area contributed by atoms with Crippen molar-refractivity contribution in [2.24, 2.45) is 5.41 Å². The number of aromatic nitrogens is 2. The van der Waals surface area contributed by atoms with Crippen LogP contribution < -0.4 is 15.5 Å². The summed E-state index contributed by atoms with van der Waals surface area (Å²) < 4.78 is 0. The van der Waals surface area contributed by atoms with Crippen LogP contribution in [0.1, 0.15) is 77.2 Å². The van der Waals surface area contributed by atoms with Gasteiger partial charge in [-0.15, -0.1) is 0 Å². The quantitative estimate of drug-likeness (QED) is 0.495. The molecule has 1 aromatic carbocycles. The van der Waals surface area contributed by atoms with Gasteiger partial charge in [0.2, 0.25) is 5.95 Å². The molecule has 8 heteroatoms. The first kappa shape index (κ1) is 27.2. The van der Waals surface area contributed by atoms with Crippen molar-refractivity contribution < 1.29 is 9.90 Å². The number of para-hydroxylation sites is 1. The third kappa shape index (κ3) is 7.57. The standard InChI is InChI=1S/C29H44N6O2/c1-28(2,3)20-29(4,5)33-25-19-23(31-27(32-25)30-22-13-9-10-14-24(22)36)26(37)35-17-15-34(16-18-35)21-11-7-6-8-12-21/h6-8,11-12,19,22,24,36H,9-10,13-18,20H2,1-5H3,(H2,30,31,32,33)/t22-,24-/m0/s1. The normalized spacial score (nSPS) is 21.0. The van der Waals surface area contributed by atoms with Crippen LogP contribution in [-0.2, 0) is 0 Å². The lowest BCUT2D eigenvalue weighted by Gasteiger charge is -2.36. The maximum atomic E-state index is 13.6. The third-order valence-electron chi connectivity index (χ3n) is 7.12. The molecule has 2 aliphatic rings. The second-order valence-electron chi connectivity index (χ2n) is 12.4. The van der Waals surface area contributed by atoms with E-state index in [0.717, 1.165) is 45.2 Å². The van der Waals surface area contributed by atoms with Crippen molar-refractivity contribution in [3.63, 3.8) is 0 Å². The summed E-state index contributed by atoms with van der Waals surface area (Å²) in [5.41, 5.74) is 1.47. The summed E-state index contributed by atoms with van der Waals surface area (Å²) in [6.07, 6.45) is 4.22. The fraction of sp³-hybridized carbons (Fsp3) is 0.621. The van der Waals surface area contributed by atoms with Crippen molar-refractivity contribution in [3.05, 3.63) is 42.1 Å². The molecule has 2 heterocycles. The second-order valence-corrected chi connectivity index (χ2v) is 12.4. The summed E-state index contributed by atoms with van der Waals surface area (Å²) in [5, 5.41) is 17.4. The lowest BCUT2D eigenvalue weighted by molar-refractivity contribution is 0.0740. The fourth-order valence-corrected chi connectivity index (χ4v) is 5.82. The zero-order chi connectivity index (χ0) is 26.6.